The van der Waals surface area contributed by atoms with Crippen LogP contribution in [-0.4, -0.2) is 53.8 Å². The zero-order valence-corrected chi connectivity index (χ0v) is 20.7. The molecule has 2 saturated heterocycles. The van der Waals surface area contributed by atoms with Gasteiger partial charge in [-0.3, -0.25) is 9.52 Å². The number of ether oxygens (including phenoxy) is 1. The minimum Gasteiger partial charge on any atom is -0.495 e. The molecule has 2 aliphatic heterocycles. The predicted octanol–water partition coefficient (Wildman–Crippen LogP) is 3.19. The summed E-state index contributed by atoms with van der Waals surface area (Å²) in [6, 6.07) is 10.1. The minimum absolute atomic E-state index is 0.0238. The lowest BCUT2D eigenvalue weighted by Gasteiger charge is -2.20. The smallest absolute Gasteiger partial charge is 0.261 e. The van der Waals surface area contributed by atoms with Crippen LogP contribution >= 0.6 is 0 Å². The van der Waals surface area contributed by atoms with Crippen molar-refractivity contribution in [3.63, 3.8) is 0 Å². The molecule has 2 fully saturated rings. The molecule has 11 heteroatoms. The summed E-state index contributed by atoms with van der Waals surface area (Å²) in [5.41, 5.74) is 0.649. The van der Waals surface area contributed by atoms with Crippen LogP contribution in [0.15, 0.2) is 52.3 Å². The zero-order valence-electron chi connectivity index (χ0n) is 19.1. The number of anilines is 2. The fourth-order valence-corrected chi connectivity index (χ4v) is 6.89. The van der Waals surface area contributed by atoms with E-state index in [0.29, 0.717) is 43.9 Å². The summed E-state index contributed by atoms with van der Waals surface area (Å²) in [6.07, 6.45) is 4.82. The summed E-state index contributed by atoms with van der Waals surface area (Å²) in [5, 5.41) is 0. The molecule has 184 valence electrons. The first-order valence-corrected chi connectivity index (χ1v) is 14.3. The molecular weight excluding hydrogens is 478 g/mol. The minimum atomic E-state index is -3.98. The Kier molecular flexibility index (Phi) is 7.15. The third-order valence-corrected chi connectivity index (χ3v) is 9.43. The Balaban J connectivity index is 1.55. The van der Waals surface area contributed by atoms with Crippen molar-refractivity contribution in [3.05, 3.63) is 42.5 Å². The number of nitrogens with one attached hydrogen (secondary N) is 1. The average molecular weight is 508 g/mol. The first-order chi connectivity index (χ1) is 16.2. The van der Waals surface area contributed by atoms with Gasteiger partial charge in [0, 0.05) is 31.7 Å². The van der Waals surface area contributed by atoms with E-state index < -0.39 is 20.0 Å². The second-order valence-corrected chi connectivity index (χ2v) is 12.1. The number of nitrogens with zero attached hydrogens (tertiary/aromatic N) is 2. The molecule has 9 nitrogen and oxygen atoms in total. The van der Waals surface area contributed by atoms with Gasteiger partial charge in [-0.1, -0.05) is 12.8 Å². The van der Waals surface area contributed by atoms with Crippen LogP contribution in [-0.2, 0) is 24.8 Å². The van der Waals surface area contributed by atoms with Gasteiger partial charge >= 0.3 is 0 Å². The molecule has 1 amide bonds. The summed E-state index contributed by atoms with van der Waals surface area (Å²) in [4.78, 5) is 13.8. The van der Waals surface area contributed by atoms with E-state index in [4.69, 9.17) is 4.74 Å². The molecule has 2 aromatic carbocycles. The highest BCUT2D eigenvalue weighted by Crippen LogP contribution is 2.34. The van der Waals surface area contributed by atoms with Crippen LogP contribution in [0.1, 0.15) is 38.5 Å². The van der Waals surface area contributed by atoms with Crippen molar-refractivity contribution >= 4 is 37.3 Å². The van der Waals surface area contributed by atoms with E-state index in [1.54, 1.807) is 0 Å². The van der Waals surface area contributed by atoms with Crippen molar-refractivity contribution in [3.8, 4) is 5.75 Å². The fourth-order valence-electron chi connectivity index (χ4n) is 4.29. The van der Waals surface area contributed by atoms with Gasteiger partial charge in [0.25, 0.3) is 10.0 Å². The molecule has 0 aliphatic carbocycles. The number of hydrogen-bond donors (Lipinski definition) is 1. The van der Waals surface area contributed by atoms with Crippen molar-refractivity contribution in [2.45, 2.75) is 48.3 Å². The van der Waals surface area contributed by atoms with Crippen LogP contribution in [0, 0.1) is 0 Å². The number of hydrogen-bond acceptors (Lipinski definition) is 6. The van der Waals surface area contributed by atoms with E-state index in [9.17, 15) is 21.6 Å². The highest BCUT2D eigenvalue weighted by Gasteiger charge is 2.27. The van der Waals surface area contributed by atoms with Gasteiger partial charge < -0.3 is 9.64 Å². The van der Waals surface area contributed by atoms with Crippen LogP contribution < -0.4 is 14.4 Å². The van der Waals surface area contributed by atoms with E-state index in [1.165, 1.54) is 58.8 Å². The standard InChI is InChI=1S/C23H29N3O6S2/c1-32-22-13-12-20(17-21(22)26-16-6-7-23(26)27)33(28,29)24-18-8-10-19(11-9-18)34(30,31)25-14-4-2-3-5-15-25/h8-13,17,24H,2-7,14-16H2,1H3. The Morgan fingerprint density at radius 3 is 2.06 bits per heavy atom. The molecule has 0 unspecified atom stereocenters. The Labute approximate surface area is 200 Å². The summed E-state index contributed by atoms with van der Waals surface area (Å²) in [5.74, 6) is 0.333. The number of carbonyl (C=O) groups excluding carboxylic acids is 1. The van der Waals surface area contributed by atoms with Crippen molar-refractivity contribution in [1.82, 2.24) is 4.31 Å². The van der Waals surface area contributed by atoms with Crippen molar-refractivity contribution in [2.24, 2.45) is 0 Å². The number of rotatable bonds is 7. The van der Waals surface area contributed by atoms with Crippen molar-refractivity contribution in [1.29, 1.82) is 0 Å². The molecule has 2 heterocycles. The maximum atomic E-state index is 13.0. The summed E-state index contributed by atoms with van der Waals surface area (Å²) in [7, 11) is -6.14. The predicted molar refractivity (Wildman–Crippen MR) is 129 cm³/mol. The molecule has 2 aliphatic rings. The van der Waals surface area contributed by atoms with Gasteiger partial charge in [-0.15, -0.1) is 0 Å². The van der Waals surface area contributed by atoms with Crippen LogP contribution in [0.3, 0.4) is 0 Å². The molecule has 0 spiro atoms. The van der Waals surface area contributed by atoms with Crippen molar-refractivity contribution in [2.75, 3.05) is 36.4 Å². The number of benzene rings is 2. The highest BCUT2D eigenvalue weighted by molar-refractivity contribution is 7.92. The third kappa shape index (κ3) is 5.06. The highest BCUT2D eigenvalue weighted by atomic mass is 32.2. The Morgan fingerprint density at radius 2 is 1.47 bits per heavy atom. The molecule has 4 rings (SSSR count). The largest absolute Gasteiger partial charge is 0.495 e. The summed E-state index contributed by atoms with van der Waals surface area (Å²) < 4.78 is 61.3. The molecule has 0 aromatic heterocycles. The maximum absolute atomic E-state index is 13.0. The summed E-state index contributed by atoms with van der Waals surface area (Å²) >= 11 is 0. The molecule has 0 atom stereocenters. The average Bonchev–Trinajstić information content (AvgIpc) is 3.06. The Morgan fingerprint density at radius 1 is 0.824 bits per heavy atom. The van der Waals surface area contributed by atoms with E-state index in [1.807, 2.05) is 0 Å². The number of methoxy groups -OCH3 is 1. The van der Waals surface area contributed by atoms with Gasteiger partial charge in [0.2, 0.25) is 15.9 Å². The monoisotopic (exact) mass is 507 g/mol. The molecule has 34 heavy (non-hydrogen) atoms. The maximum Gasteiger partial charge on any atom is 0.261 e. The third-order valence-electron chi connectivity index (χ3n) is 6.13. The first kappa shape index (κ1) is 24.5. The van der Waals surface area contributed by atoms with E-state index in [-0.39, 0.29) is 21.4 Å². The SMILES string of the molecule is COc1ccc(S(=O)(=O)Nc2ccc(S(=O)(=O)N3CCCCCC3)cc2)cc1N1CCCC1=O. The molecule has 2 aromatic rings. The Bertz CT molecular complexity index is 1250. The van der Waals surface area contributed by atoms with Gasteiger partial charge in [0.05, 0.1) is 22.6 Å². The number of amides is 1. The van der Waals surface area contributed by atoms with E-state index in [0.717, 1.165) is 25.7 Å². The first-order valence-electron chi connectivity index (χ1n) is 11.3. The van der Waals surface area contributed by atoms with Gasteiger partial charge in [0.1, 0.15) is 5.75 Å². The fraction of sp³-hybridized carbons (Fsp3) is 0.435. The number of carbonyl (C=O) groups is 1. The van der Waals surface area contributed by atoms with Crippen LogP contribution in [0.5, 0.6) is 5.75 Å². The molecule has 1 N–H and O–H groups in total. The Hall–Kier alpha value is -2.63. The summed E-state index contributed by atoms with van der Waals surface area (Å²) in [6.45, 7) is 1.49. The molecule has 0 saturated carbocycles. The van der Waals surface area contributed by atoms with Gasteiger partial charge in [-0.25, -0.2) is 16.8 Å². The van der Waals surface area contributed by atoms with Gasteiger partial charge in [-0.05, 0) is 61.7 Å². The lowest BCUT2D eigenvalue weighted by Crippen LogP contribution is -2.31. The molecular formula is C23H29N3O6S2. The van der Waals surface area contributed by atoms with E-state index >= 15 is 0 Å². The van der Waals surface area contributed by atoms with Crippen LogP contribution in [0.2, 0.25) is 0 Å². The van der Waals surface area contributed by atoms with Crippen LogP contribution in [0.25, 0.3) is 0 Å². The van der Waals surface area contributed by atoms with Crippen LogP contribution in [0.4, 0.5) is 11.4 Å². The number of sulfonamides is 2. The lowest BCUT2D eigenvalue weighted by atomic mass is 10.2. The normalized spacial score (nSPS) is 18.0. The second kappa shape index (κ2) is 9.93. The lowest BCUT2D eigenvalue weighted by molar-refractivity contribution is -0.117. The van der Waals surface area contributed by atoms with E-state index in [2.05, 4.69) is 4.72 Å². The zero-order chi connectivity index (χ0) is 24.3. The molecule has 0 radical (unpaired) electrons. The van der Waals surface area contributed by atoms with Crippen molar-refractivity contribution < 1.29 is 26.4 Å². The topological polar surface area (TPSA) is 113 Å². The van der Waals surface area contributed by atoms with Gasteiger partial charge in [-0.2, -0.15) is 4.31 Å². The molecule has 0 bridgehead atoms. The second-order valence-electron chi connectivity index (χ2n) is 8.43. The quantitative estimate of drug-likeness (QED) is 0.616. The van der Waals surface area contributed by atoms with Gasteiger partial charge in [0.15, 0.2) is 0 Å².